The molecule has 2 amide bonds. The number of esters is 1. The van der Waals surface area contributed by atoms with E-state index in [1.165, 1.54) is 26.4 Å². The summed E-state index contributed by atoms with van der Waals surface area (Å²) in [6.45, 7) is 3.98. The van der Waals surface area contributed by atoms with Crippen molar-refractivity contribution in [3.63, 3.8) is 0 Å². The Morgan fingerprint density at radius 1 is 0.967 bits per heavy atom. The molecule has 0 aliphatic rings. The Kier molecular flexibility index (Phi) is 8.22. The smallest absolute Gasteiger partial charge is 0.338 e. The molecule has 0 unspecified atom stereocenters. The van der Waals surface area contributed by atoms with Gasteiger partial charge in [-0.15, -0.1) is 0 Å². The number of amides is 2. The molecule has 2 N–H and O–H groups in total. The summed E-state index contributed by atoms with van der Waals surface area (Å²) in [5, 5.41) is 5.41. The number of rotatable bonds is 9. The Morgan fingerprint density at radius 3 is 2.20 bits per heavy atom. The van der Waals surface area contributed by atoms with Gasteiger partial charge in [0.05, 0.1) is 31.0 Å². The molecule has 0 saturated heterocycles. The van der Waals surface area contributed by atoms with Crippen molar-refractivity contribution in [2.45, 2.75) is 13.8 Å². The maximum Gasteiger partial charge on any atom is 0.338 e. The van der Waals surface area contributed by atoms with Gasteiger partial charge in [0.1, 0.15) is 11.5 Å². The first kappa shape index (κ1) is 22.7. The van der Waals surface area contributed by atoms with Crippen LogP contribution < -0.4 is 20.1 Å². The molecule has 0 aromatic heterocycles. The quantitative estimate of drug-likeness (QED) is 0.612. The van der Waals surface area contributed by atoms with Gasteiger partial charge in [0, 0.05) is 12.6 Å². The van der Waals surface area contributed by atoms with Gasteiger partial charge in [0.25, 0.3) is 11.8 Å². The molecule has 160 valence electrons. The number of nitrogens with one attached hydrogen (secondary N) is 2. The molecule has 0 spiro atoms. The second-order valence-electron chi connectivity index (χ2n) is 6.88. The van der Waals surface area contributed by atoms with E-state index >= 15 is 0 Å². The lowest BCUT2D eigenvalue weighted by molar-refractivity contribution is -0.119. The number of hydrogen-bond acceptors (Lipinski definition) is 6. The Hall–Kier alpha value is -3.55. The standard InChI is InChI=1S/C22H26N2O6/c1-14(2)12-23-21(26)18-7-5-6-8-19(18)24-20(25)13-30-22(27)15-9-16(28-3)11-17(10-15)29-4/h5-11,14H,12-13H2,1-4H3,(H,23,26)(H,24,25). The molecular formula is C22H26N2O6. The van der Waals surface area contributed by atoms with Gasteiger partial charge in [0.2, 0.25) is 0 Å². The van der Waals surface area contributed by atoms with Gasteiger partial charge >= 0.3 is 5.97 Å². The van der Waals surface area contributed by atoms with Crippen LogP contribution in [-0.2, 0) is 9.53 Å². The SMILES string of the molecule is COc1cc(OC)cc(C(=O)OCC(=O)Nc2ccccc2C(=O)NCC(C)C)c1. The molecule has 0 radical (unpaired) electrons. The number of para-hydroxylation sites is 1. The van der Waals surface area contributed by atoms with Crippen molar-refractivity contribution in [1.82, 2.24) is 5.32 Å². The van der Waals surface area contributed by atoms with Crippen LogP contribution >= 0.6 is 0 Å². The number of anilines is 1. The summed E-state index contributed by atoms with van der Waals surface area (Å²) in [7, 11) is 2.93. The molecular weight excluding hydrogens is 388 g/mol. The molecule has 8 heteroatoms. The van der Waals surface area contributed by atoms with E-state index in [1.807, 2.05) is 13.8 Å². The van der Waals surface area contributed by atoms with E-state index in [9.17, 15) is 14.4 Å². The largest absolute Gasteiger partial charge is 0.497 e. The summed E-state index contributed by atoms with van der Waals surface area (Å²) in [5.74, 6) is -0.419. The molecule has 2 aromatic rings. The fourth-order valence-corrected chi connectivity index (χ4v) is 2.51. The topological polar surface area (TPSA) is 103 Å². The van der Waals surface area contributed by atoms with Crippen molar-refractivity contribution >= 4 is 23.5 Å². The molecule has 0 aliphatic carbocycles. The van der Waals surface area contributed by atoms with Crippen LogP contribution in [0.3, 0.4) is 0 Å². The van der Waals surface area contributed by atoms with Crippen LogP contribution in [0.25, 0.3) is 0 Å². The molecule has 2 rings (SSSR count). The normalized spacial score (nSPS) is 10.3. The first-order valence-electron chi connectivity index (χ1n) is 9.41. The maximum absolute atomic E-state index is 12.4. The van der Waals surface area contributed by atoms with Gasteiger partial charge in [-0.2, -0.15) is 0 Å². The van der Waals surface area contributed by atoms with Crippen LogP contribution in [-0.4, -0.2) is 45.2 Å². The summed E-state index contributed by atoms with van der Waals surface area (Å²) in [6, 6.07) is 11.2. The first-order chi connectivity index (χ1) is 14.3. The summed E-state index contributed by atoms with van der Waals surface area (Å²) >= 11 is 0. The lowest BCUT2D eigenvalue weighted by Gasteiger charge is -2.13. The van der Waals surface area contributed by atoms with Gasteiger partial charge in [-0.25, -0.2) is 4.79 Å². The van der Waals surface area contributed by atoms with Crippen LogP contribution in [0.15, 0.2) is 42.5 Å². The number of hydrogen-bond donors (Lipinski definition) is 2. The third kappa shape index (κ3) is 6.51. The fourth-order valence-electron chi connectivity index (χ4n) is 2.51. The molecule has 8 nitrogen and oxygen atoms in total. The third-order valence-electron chi connectivity index (χ3n) is 4.04. The van der Waals surface area contributed by atoms with Crippen LogP contribution in [0.4, 0.5) is 5.69 Å². The molecule has 0 aliphatic heterocycles. The van der Waals surface area contributed by atoms with Crippen molar-refractivity contribution in [3.05, 3.63) is 53.6 Å². The maximum atomic E-state index is 12.4. The fraction of sp³-hybridized carbons (Fsp3) is 0.318. The highest BCUT2D eigenvalue weighted by molar-refractivity contribution is 6.04. The van der Waals surface area contributed by atoms with E-state index in [1.54, 1.807) is 30.3 Å². The number of methoxy groups -OCH3 is 2. The van der Waals surface area contributed by atoms with Crippen molar-refractivity contribution in [2.75, 3.05) is 32.7 Å². The highest BCUT2D eigenvalue weighted by Gasteiger charge is 2.16. The zero-order chi connectivity index (χ0) is 22.1. The van der Waals surface area contributed by atoms with Crippen molar-refractivity contribution in [2.24, 2.45) is 5.92 Å². The first-order valence-corrected chi connectivity index (χ1v) is 9.41. The average molecular weight is 414 g/mol. The molecule has 30 heavy (non-hydrogen) atoms. The Labute approximate surface area is 175 Å². The summed E-state index contributed by atoms with van der Waals surface area (Å²) in [4.78, 5) is 36.9. The van der Waals surface area contributed by atoms with Crippen molar-refractivity contribution < 1.29 is 28.6 Å². The van der Waals surface area contributed by atoms with Gasteiger partial charge in [0.15, 0.2) is 6.61 Å². The average Bonchev–Trinajstić information content (AvgIpc) is 2.75. The van der Waals surface area contributed by atoms with Crippen LogP contribution in [0, 0.1) is 5.92 Å². The highest BCUT2D eigenvalue weighted by Crippen LogP contribution is 2.23. The van der Waals surface area contributed by atoms with Gasteiger partial charge in [-0.05, 0) is 30.2 Å². The predicted molar refractivity (Wildman–Crippen MR) is 112 cm³/mol. The molecule has 0 atom stereocenters. The zero-order valence-electron chi connectivity index (χ0n) is 17.5. The van der Waals surface area contributed by atoms with Crippen LogP contribution in [0.1, 0.15) is 34.6 Å². The molecule has 0 bridgehead atoms. The highest BCUT2D eigenvalue weighted by atomic mass is 16.5. The Morgan fingerprint density at radius 2 is 1.60 bits per heavy atom. The second kappa shape index (κ2) is 10.8. The predicted octanol–water partition coefficient (Wildman–Crippen LogP) is 2.89. The van der Waals surface area contributed by atoms with Gasteiger partial charge < -0.3 is 24.8 Å². The van der Waals surface area contributed by atoms with Crippen molar-refractivity contribution in [3.8, 4) is 11.5 Å². The minimum Gasteiger partial charge on any atom is -0.497 e. The molecule has 0 saturated carbocycles. The summed E-state index contributed by atoms with van der Waals surface area (Å²) in [5.41, 5.74) is 0.852. The molecule has 0 heterocycles. The monoisotopic (exact) mass is 414 g/mol. The minimum absolute atomic E-state index is 0.187. The Bertz CT molecular complexity index is 888. The van der Waals surface area contributed by atoms with Gasteiger partial charge in [-0.3, -0.25) is 9.59 Å². The van der Waals surface area contributed by atoms with E-state index in [-0.39, 0.29) is 11.5 Å². The minimum atomic E-state index is -0.703. The van der Waals surface area contributed by atoms with Gasteiger partial charge in [-0.1, -0.05) is 26.0 Å². The zero-order valence-corrected chi connectivity index (χ0v) is 17.5. The van der Waals surface area contributed by atoms with Crippen molar-refractivity contribution in [1.29, 1.82) is 0 Å². The van der Waals surface area contributed by atoms with E-state index in [2.05, 4.69) is 10.6 Å². The van der Waals surface area contributed by atoms with E-state index < -0.39 is 18.5 Å². The Balaban J connectivity index is 2.00. The number of carbonyl (C=O) groups excluding carboxylic acids is 3. The lowest BCUT2D eigenvalue weighted by atomic mass is 10.1. The number of carbonyl (C=O) groups is 3. The number of benzene rings is 2. The third-order valence-corrected chi connectivity index (χ3v) is 4.04. The summed E-state index contributed by atoms with van der Waals surface area (Å²) in [6.07, 6.45) is 0. The van der Waals surface area contributed by atoms with Crippen LogP contribution in [0.2, 0.25) is 0 Å². The lowest BCUT2D eigenvalue weighted by Crippen LogP contribution is -2.29. The molecule has 0 fully saturated rings. The van der Waals surface area contributed by atoms with E-state index in [4.69, 9.17) is 14.2 Å². The molecule has 2 aromatic carbocycles. The van der Waals surface area contributed by atoms with Crippen LogP contribution in [0.5, 0.6) is 11.5 Å². The van der Waals surface area contributed by atoms with E-state index in [0.717, 1.165) is 0 Å². The number of ether oxygens (including phenoxy) is 3. The van der Waals surface area contributed by atoms with E-state index in [0.29, 0.717) is 35.2 Å². The second-order valence-corrected chi connectivity index (χ2v) is 6.88. The summed E-state index contributed by atoms with van der Waals surface area (Å²) < 4.78 is 15.3.